The molecule has 0 saturated carbocycles. The van der Waals surface area contributed by atoms with Crippen LogP contribution in [-0.2, 0) is 11.8 Å². The molecule has 0 aliphatic rings. The van der Waals surface area contributed by atoms with Crippen molar-refractivity contribution in [3.8, 4) is 0 Å². The number of carbonyl (C=O) groups is 3. The van der Waals surface area contributed by atoms with Gasteiger partial charge in [-0.2, -0.15) is 0 Å². The third-order valence-corrected chi connectivity index (χ3v) is 5.32. The fraction of sp³-hybridized carbons (Fsp3) is 0.435. The average Bonchev–Trinajstić information content (AvgIpc) is 2.93. The Morgan fingerprint density at radius 2 is 1.67 bits per heavy atom. The summed E-state index contributed by atoms with van der Waals surface area (Å²) < 4.78 is 19.8. The number of benzene rings is 1. The van der Waals surface area contributed by atoms with Gasteiger partial charge < -0.3 is 14.2 Å². The molecule has 1 atom stereocenters. The maximum absolute atomic E-state index is 13.5. The smallest absolute Gasteiger partial charge is 0.354 e. The molecule has 7 heteroatoms. The van der Waals surface area contributed by atoms with Gasteiger partial charge >= 0.3 is 5.97 Å². The molecular formula is C23H29FN2O4. The summed E-state index contributed by atoms with van der Waals surface area (Å²) in [6.07, 6.45) is 0. The number of esters is 1. The minimum absolute atomic E-state index is 0.119. The van der Waals surface area contributed by atoms with E-state index in [1.54, 1.807) is 32.4 Å². The summed E-state index contributed by atoms with van der Waals surface area (Å²) >= 11 is 0. The Bertz CT molecular complexity index is 961. The molecule has 0 saturated heterocycles. The van der Waals surface area contributed by atoms with Crippen LogP contribution in [0.3, 0.4) is 0 Å². The lowest BCUT2D eigenvalue weighted by Crippen LogP contribution is -2.45. The van der Waals surface area contributed by atoms with Gasteiger partial charge in [0.2, 0.25) is 0 Å². The number of ether oxygens (including phenoxy) is 1. The van der Waals surface area contributed by atoms with Crippen molar-refractivity contribution in [1.29, 1.82) is 0 Å². The highest BCUT2D eigenvalue weighted by molar-refractivity contribution is 6.07. The summed E-state index contributed by atoms with van der Waals surface area (Å²) in [7, 11) is 2.99. The maximum atomic E-state index is 13.5. The second-order valence-corrected chi connectivity index (χ2v) is 7.88. The Morgan fingerprint density at radius 1 is 1.10 bits per heavy atom. The van der Waals surface area contributed by atoms with Crippen LogP contribution in [-0.4, -0.2) is 46.8 Å². The van der Waals surface area contributed by atoms with E-state index in [-0.39, 0.29) is 17.6 Å². The largest absolute Gasteiger partial charge is 0.464 e. The lowest BCUT2D eigenvalue weighted by Gasteiger charge is -2.30. The first-order valence-electron chi connectivity index (χ1n) is 9.86. The maximum Gasteiger partial charge on any atom is 0.354 e. The van der Waals surface area contributed by atoms with E-state index in [0.29, 0.717) is 34.6 Å². The van der Waals surface area contributed by atoms with Gasteiger partial charge in [-0.3, -0.25) is 9.59 Å². The van der Waals surface area contributed by atoms with Gasteiger partial charge in [0.15, 0.2) is 5.78 Å². The van der Waals surface area contributed by atoms with E-state index in [9.17, 15) is 18.8 Å². The van der Waals surface area contributed by atoms with Gasteiger partial charge in [-0.1, -0.05) is 13.8 Å². The van der Waals surface area contributed by atoms with Gasteiger partial charge in [0.1, 0.15) is 11.5 Å². The predicted octanol–water partition coefficient (Wildman–Crippen LogP) is 3.94. The van der Waals surface area contributed by atoms with Crippen LogP contribution in [0.2, 0.25) is 0 Å². The van der Waals surface area contributed by atoms with Crippen LogP contribution in [0, 0.1) is 25.6 Å². The van der Waals surface area contributed by atoms with Gasteiger partial charge in [0, 0.05) is 30.4 Å². The van der Waals surface area contributed by atoms with Crippen molar-refractivity contribution in [2.45, 2.75) is 40.7 Å². The molecule has 30 heavy (non-hydrogen) atoms. The molecule has 2 aromatic rings. The number of hydrogen-bond acceptors (Lipinski definition) is 4. The van der Waals surface area contributed by atoms with Crippen molar-refractivity contribution in [2.24, 2.45) is 13.0 Å². The van der Waals surface area contributed by atoms with E-state index in [4.69, 9.17) is 4.74 Å². The molecule has 0 aliphatic heterocycles. The molecule has 2 rings (SSSR count). The standard InChI is InChI=1S/C23H29FN2O4/c1-13(2)12-26(22(28)17-8-10-18(24)11-9-17)16(5)21(27)19-14(3)20(23(29)30-7)25(6)15(19)4/h8-11,13,16H,12H2,1-7H3/t16-/m0/s1. The summed E-state index contributed by atoms with van der Waals surface area (Å²) in [6, 6.07) is 4.51. The Balaban J connectivity index is 2.47. The van der Waals surface area contributed by atoms with Crippen molar-refractivity contribution in [3.63, 3.8) is 0 Å². The number of halogens is 1. The highest BCUT2D eigenvalue weighted by Crippen LogP contribution is 2.25. The number of nitrogens with zero attached hydrogens (tertiary/aromatic N) is 2. The lowest BCUT2D eigenvalue weighted by atomic mass is 9.98. The van der Waals surface area contributed by atoms with Crippen LogP contribution >= 0.6 is 0 Å². The fourth-order valence-corrected chi connectivity index (χ4v) is 3.65. The van der Waals surface area contributed by atoms with Crippen LogP contribution in [0.5, 0.6) is 0 Å². The zero-order valence-corrected chi connectivity index (χ0v) is 18.6. The summed E-state index contributed by atoms with van der Waals surface area (Å²) in [5.74, 6) is -1.44. The number of rotatable bonds is 7. The molecule has 1 heterocycles. The van der Waals surface area contributed by atoms with Crippen molar-refractivity contribution in [3.05, 3.63) is 58.2 Å². The molecule has 0 N–H and O–H groups in total. The number of methoxy groups -OCH3 is 1. The zero-order valence-electron chi connectivity index (χ0n) is 18.6. The Morgan fingerprint density at radius 3 is 2.17 bits per heavy atom. The van der Waals surface area contributed by atoms with Gasteiger partial charge in [0.05, 0.1) is 13.2 Å². The quantitative estimate of drug-likeness (QED) is 0.506. The SMILES string of the molecule is COC(=O)c1c(C)c(C(=O)[C@H](C)N(CC(C)C)C(=O)c2ccc(F)cc2)c(C)n1C. The molecule has 1 amide bonds. The van der Waals surface area contributed by atoms with Crippen LogP contribution in [0.4, 0.5) is 4.39 Å². The van der Waals surface area contributed by atoms with E-state index in [0.717, 1.165) is 0 Å². The number of carbonyl (C=O) groups excluding carboxylic acids is 3. The number of Topliss-reactive ketones (excluding diaryl/α,β-unsaturated/α-hetero) is 1. The highest BCUT2D eigenvalue weighted by atomic mass is 19.1. The minimum atomic E-state index is -0.768. The van der Waals surface area contributed by atoms with E-state index in [2.05, 4.69) is 0 Å². The van der Waals surface area contributed by atoms with E-state index < -0.39 is 17.8 Å². The highest BCUT2D eigenvalue weighted by Gasteiger charge is 2.33. The minimum Gasteiger partial charge on any atom is -0.464 e. The number of amides is 1. The van der Waals surface area contributed by atoms with Crippen molar-refractivity contribution in [1.82, 2.24) is 9.47 Å². The third-order valence-electron chi connectivity index (χ3n) is 5.32. The van der Waals surface area contributed by atoms with Gasteiger partial charge in [-0.25, -0.2) is 9.18 Å². The number of hydrogen-bond donors (Lipinski definition) is 0. The van der Waals surface area contributed by atoms with Crippen molar-refractivity contribution >= 4 is 17.7 Å². The first-order chi connectivity index (χ1) is 14.0. The summed E-state index contributed by atoms with van der Waals surface area (Å²) in [5.41, 5.74) is 2.19. The Hall–Kier alpha value is -2.96. The molecule has 1 aromatic carbocycles. The van der Waals surface area contributed by atoms with Crippen LogP contribution in [0.25, 0.3) is 0 Å². The van der Waals surface area contributed by atoms with Gasteiger partial charge in [-0.15, -0.1) is 0 Å². The fourth-order valence-electron chi connectivity index (χ4n) is 3.65. The molecule has 162 valence electrons. The Labute approximate surface area is 176 Å². The molecule has 0 bridgehead atoms. The zero-order chi connectivity index (χ0) is 22.7. The normalized spacial score (nSPS) is 12.0. The molecule has 0 radical (unpaired) electrons. The molecule has 0 spiro atoms. The van der Waals surface area contributed by atoms with Gasteiger partial charge in [0.25, 0.3) is 5.91 Å². The molecule has 0 aliphatic carbocycles. The monoisotopic (exact) mass is 416 g/mol. The summed E-state index contributed by atoms with van der Waals surface area (Å²) in [4.78, 5) is 40.3. The second kappa shape index (κ2) is 9.24. The first kappa shape index (κ1) is 23.3. The van der Waals surface area contributed by atoms with Crippen LogP contribution in [0.15, 0.2) is 24.3 Å². The molecular weight excluding hydrogens is 387 g/mol. The molecule has 1 aromatic heterocycles. The van der Waals surface area contributed by atoms with Crippen molar-refractivity contribution in [2.75, 3.05) is 13.7 Å². The number of ketones is 1. The van der Waals surface area contributed by atoms with Gasteiger partial charge in [-0.05, 0) is 56.5 Å². The molecule has 6 nitrogen and oxygen atoms in total. The summed E-state index contributed by atoms with van der Waals surface area (Å²) in [5, 5.41) is 0. The van der Waals surface area contributed by atoms with Crippen LogP contribution < -0.4 is 0 Å². The lowest BCUT2D eigenvalue weighted by molar-refractivity contribution is 0.0587. The van der Waals surface area contributed by atoms with E-state index in [1.165, 1.54) is 36.3 Å². The summed E-state index contributed by atoms with van der Waals surface area (Å²) in [6.45, 7) is 9.41. The van der Waals surface area contributed by atoms with E-state index in [1.807, 2.05) is 13.8 Å². The third kappa shape index (κ3) is 4.45. The Kier molecular flexibility index (Phi) is 7.18. The second-order valence-electron chi connectivity index (χ2n) is 7.88. The molecule has 0 unspecified atom stereocenters. The van der Waals surface area contributed by atoms with E-state index >= 15 is 0 Å². The topological polar surface area (TPSA) is 68.6 Å². The van der Waals surface area contributed by atoms with Crippen LogP contribution in [0.1, 0.15) is 63.2 Å². The predicted molar refractivity (Wildman–Crippen MR) is 112 cm³/mol. The average molecular weight is 416 g/mol. The molecule has 0 fully saturated rings. The number of aromatic nitrogens is 1. The first-order valence-corrected chi connectivity index (χ1v) is 9.86. The van der Waals surface area contributed by atoms with Crippen molar-refractivity contribution < 1.29 is 23.5 Å².